The van der Waals surface area contributed by atoms with Gasteiger partial charge in [-0.25, -0.2) is 4.79 Å². The number of Topliss-reactive ketones (excluding diaryl/α,β-unsaturated/α-hetero) is 1. The zero-order valence-corrected chi connectivity index (χ0v) is 18.3. The van der Waals surface area contributed by atoms with E-state index in [1.807, 2.05) is 18.2 Å². The quantitative estimate of drug-likeness (QED) is 0.692. The number of ketones is 1. The molecule has 2 aliphatic carbocycles. The van der Waals surface area contributed by atoms with Crippen molar-refractivity contribution >= 4 is 17.7 Å². The minimum absolute atomic E-state index is 0.00682. The lowest BCUT2D eigenvalue weighted by molar-refractivity contribution is -0.205. The van der Waals surface area contributed by atoms with Crippen LogP contribution in [0.25, 0.3) is 0 Å². The number of hydrogen-bond donors (Lipinski definition) is 0. The van der Waals surface area contributed by atoms with Gasteiger partial charge in [0.2, 0.25) is 0 Å². The standard InChI is InChI=1S/C25H31NO5/c1-16-14-21(30-17(2)27)24-10-6-12-26-13-7-11-25(24,26)20(28)15-19(24)22(16)31-23(29)18-8-4-3-5-9-18/h3-5,8-9,16,19,21-22H,6-7,10-15H2,1-2H3/t16-,19+,21-,22-,24+,25-/m0/s1. The number of nitrogens with zero attached hydrogens (tertiary/aromatic N) is 1. The van der Waals surface area contributed by atoms with Crippen molar-refractivity contribution in [2.45, 2.75) is 70.1 Å². The molecule has 2 saturated heterocycles. The molecule has 0 N–H and O–H groups in total. The number of rotatable bonds is 3. The van der Waals surface area contributed by atoms with E-state index in [-0.39, 0.29) is 41.8 Å². The van der Waals surface area contributed by atoms with Crippen LogP contribution in [0.2, 0.25) is 0 Å². The van der Waals surface area contributed by atoms with E-state index in [1.54, 1.807) is 12.1 Å². The zero-order chi connectivity index (χ0) is 21.8. The highest BCUT2D eigenvalue weighted by molar-refractivity contribution is 5.94. The molecule has 2 spiro atoms. The average molecular weight is 426 g/mol. The number of piperidine rings is 1. The van der Waals surface area contributed by atoms with E-state index in [4.69, 9.17) is 9.47 Å². The highest BCUT2D eigenvalue weighted by Crippen LogP contribution is 2.67. The summed E-state index contributed by atoms with van der Waals surface area (Å²) in [4.78, 5) is 41.1. The van der Waals surface area contributed by atoms with Gasteiger partial charge < -0.3 is 9.47 Å². The minimum atomic E-state index is -0.576. The third-order valence-electron chi connectivity index (χ3n) is 8.50. The van der Waals surface area contributed by atoms with Gasteiger partial charge in [0.1, 0.15) is 12.2 Å². The Morgan fingerprint density at radius 1 is 1.06 bits per heavy atom. The Morgan fingerprint density at radius 3 is 2.48 bits per heavy atom. The van der Waals surface area contributed by atoms with E-state index in [0.717, 1.165) is 38.8 Å². The maximum Gasteiger partial charge on any atom is 0.338 e. The predicted octanol–water partition coefficient (Wildman–Crippen LogP) is 3.39. The van der Waals surface area contributed by atoms with Crippen molar-refractivity contribution in [2.75, 3.05) is 13.1 Å². The molecule has 1 aromatic carbocycles. The largest absolute Gasteiger partial charge is 0.462 e. The molecule has 6 nitrogen and oxygen atoms in total. The normalized spacial score (nSPS) is 39.4. The lowest BCUT2D eigenvalue weighted by Crippen LogP contribution is -2.69. The molecule has 31 heavy (non-hydrogen) atoms. The maximum absolute atomic E-state index is 13.7. The third-order valence-corrected chi connectivity index (χ3v) is 8.50. The molecular weight excluding hydrogens is 394 g/mol. The first-order valence-corrected chi connectivity index (χ1v) is 11.6. The summed E-state index contributed by atoms with van der Waals surface area (Å²) < 4.78 is 12.1. The fourth-order valence-corrected chi connectivity index (χ4v) is 7.56. The van der Waals surface area contributed by atoms with Gasteiger partial charge in [0, 0.05) is 24.7 Å². The molecule has 0 aromatic heterocycles. The van der Waals surface area contributed by atoms with Crippen LogP contribution in [0, 0.1) is 17.3 Å². The topological polar surface area (TPSA) is 72.9 Å². The Kier molecular flexibility index (Phi) is 4.96. The summed E-state index contributed by atoms with van der Waals surface area (Å²) in [7, 11) is 0. The van der Waals surface area contributed by atoms with Crippen LogP contribution in [0.3, 0.4) is 0 Å². The van der Waals surface area contributed by atoms with E-state index >= 15 is 0 Å². The van der Waals surface area contributed by atoms with E-state index in [0.29, 0.717) is 18.4 Å². The van der Waals surface area contributed by atoms with Crippen LogP contribution in [-0.4, -0.2) is 53.5 Å². The summed E-state index contributed by atoms with van der Waals surface area (Å²) in [6, 6.07) is 9.03. The Bertz CT molecular complexity index is 900. The summed E-state index contributed by atoms with van der Waals surface area (Å²) in [6.07, 6.45) is 3.94. The Morgan fingerprint density at radius 2 is 1.77 bits per heavy atom. The summed E-state index contributed by atoms with van der Waals surface area (Å²) in [5.74, 6) is -0.503. The van der Waals surface area contributed by atoms with Gasteiger partial charge in [0.05, 0.1) is 11.1 Å². The summed E-state index contributed by atoms with van der Waals surface area (Å²) >= 11 is 0. The first-order chi connectivity index (χ1) is 14.9. The molecule has 5 rings (SSSR count). The monoisotopic (exact) mass is 425 g/mol. The lowest BCUT2D eigenvalue weighted by atomic mass is 9.52. The van der Waals surface area contributed by atoms with Gasteiger partial charge in [-0.1, -0.05) is 25.1 Å². The first-order valence-electron chi connectivity index (χ1n) is 11.6. The van der Waals surface area contributed by atoms with Crippen LogP contribution in [0.15, 0.2) is 30.3 Å². The molecule has 0 radical (unpaired) electrons. The van der Waals surface area contributed by atoms with E-state index in [9.17, 15) is 14.4 Å². The molecule has 4 aliphatic rings. The van der Waals surface area contributed by atoms with E-state index in [1.165, 1.54) is 6.92 Å². The molecular formula is C25H31NO5. The van der Waals surface area contributed by atoms with Gasteiger partial charge in [0.15, 0.2) is 5.78 Å². The number of esters is 2. The number of ether oxygens (including phenoxy) is 2. The highest BCUT2D eigenvalue weighted by Gasteiger charge is 2.76. The second-order valence-corrected chi connectivity index (χ2v) is 9.88. The van der Waals surface area contributed by atoms with Crippen LogP contribution in [-0.2, 0) is 19.1 Å². The zero-order valence-electron chi connectivity index (χ0n) is 18.3. The Labute approximate surface area is 183 Å². The summed E-state index contributed by atoms with van der Waals surface area (Å²) in [6.45, 7) is 5.33. The minimum Gasteiger partial charge on any atom is -0.462 e. The molecule has 2 heterocycles. The lowest BCUT2D eigenvalue weighted by Gasteiger charge is -2.60. The van der Waals surface area contributed by atoms with Crippen molar-refractivity contribution in [1.82, 2.24) is 4.90 Å². The fraction of sp³-hybridized carbons (Fsp3) is 0.640. The van der Waals surface area contributed by atoms with Gasteiger partial charge in [0.25, 0.3) is 0 Å². The van der Waals surface area contributed by atoms with Crippen molar-refractivity contribution in [3.05, 3.63) is 35.9 Å². The number of carbonyl (C=O) groups is 3. The Balaban J connectivity index is 1.56. The smallest absolute Gasteiger partial charge is 0.338 e. The molecule has 0 bridgehead atoms. The molecule has 1 aromatic rings. The number of benzene rings is 1. The SMILES string of the molecule is CC(=O)O[C@H]1C[C@H](C)[C@H](OC(=O)c2ccccc2)[C@H]2CC(=O)[C@]34CCCN3CCC[C@]124. The second kappa shape index (κ2) is 7.44. The molecule has 2 aliphatic heterocycles. The highest BCUT2D eigenvalue weighted by atomic mass is 16.6. The average Bonchev–Trinajstić information content (AvgIpc) is 3.30. The molecule has 2 saturated carbocycles. The second-order valence-electron chi connectivity index (χ2n) is 9.88. The van der Waals surface area contributed by atoms with Gasteiger partial charge in [-0.05, 0) is 63.2 Å². The molecule has 0 amide bonds. The number of hydrogen-bond acceptors (Lipinski definition) is 6. The summed E-state index contributed by atoms with van der Waals surface area (Å²) in [5, 5.41) is 0. The maximum atomic E-state index is 13.7. The van der Waals surface area contributed by atoms with Crippen molar-refractivity contribution in [1.29, 1.82) is 0 Å². The van der Waals surface area contributed by atoms with Gasteiger partial charge >= 0.3 is 11.9 Å². The van der Waals surface area contributed by atoms with E-state index in [2.05, 4.69) is 11.8 Å². The fourth-order valence-electron chi connectivity index (χ4n) is 7.56. The van der Waals surface area contributed by atoms with Gasteiger partial charge in [-0.2, -0.15) is 0 Å². The third kappa shape index (κ3) is 2.83. The predicted molar refractivity (Wildman–Crippen MR) is 113 cm³/mol. The van der Waals surface area contributed by atoms with Crippen LogP contribution < -0.4 is 0 Å². The van der Waals surface area contributed by atoms with Crippen molar-refractivity contribution in [3.63, 3.8) is 0 Å². The van der Waals surface area contributed by atoms with Crippen LogP contribution in [0.5, 0.6) is 0 Å². The molecule has 166 valence electrons. The van der Waals surface area contributed by atoms with E-state index < -0.39 is 11.0 Å². The van der Waals surface area contributed by atoms with Crippen LogP contribution >= 0.6 is 0 Å². The summed E-state index contributed by atoms with van der Waals surface area (Å²) in [5.41, 5.74) is -0.525. The molecule has 0 unspecified atom stereocenters. The molecule has 4 fully saturated rings. The van der Waals surface area contributed by atoms with Crippen LogP contribution in [0.4, 0.5) is 0 Å². The molecule has 6 atom stereocenters. The van der Waals surface area contributed by atoms with Crippen LogP contribution in [0.1, 0.15) is 62.7 Å². The Hall–Kier alpha value is -2.21. The van der Waals surface area contributed by atoms with Crippen molar-refractivity contribution in [2.24, 2.45) is 17.3 Å². The van der Waals surface area contributed by atoms with Gasteiger partial charge in [-0.15, -0.1) is 0 Å². The van der Waals surface area contributed by atoms with Crippen molar-refractivity contribution < 1.29 is 23.9 Å². The first kappa shape index (κ1) is 20.7. The number of carbonyl (C=O) groups excluding carboxylic acids is 3. The molecule has 6 heteroatoms. The van der Waals surface area contributed by atoms with Gasteiger partial charge in [-0.3, -0.25) is 14.5 Å². The van der Waals surface area contributed by atoms with Crippen molar-refractivity contribution in [3.8, 4) is 0 Å².